The number of allylic oxidation sites excluding steroid dienone is 5. The van der Waals surface area contributed by atoms with Crippen molar-refractivity contribution < 1.29 is 34.7 Å². The smallest absolute Gasteiger partial charge is 0.226 e. The molecule has 1 spiro atoms. The van der Waals surface area contributed by atoms with Gasteiger partial charge in [0, 0.05) is 33.1 Å². The first-order valence-corrected chi connectivity index (χ1v) is 17.4. The molecule has 7 heteroatoms. The Morgan fingerprint density at radius 3 is 2.32 bits per heavy atom. The number of benzene rings is 1. The minimum atomic E-state index is -1.46. The van der Waals surface area contributed by atoms with Crippen molar-refractivity contribution in [1.82, 2.24) is 0 Å². The summed E-state index contributed by atoms with van der Waals surface area (Å²) >= 11 is 0. The molecule has 5 unspecified atom stereocenters. The van der Waals surface area contributed by atoms with Gasteiger partial charge < -0.3 is 29.9 Å². The maximum Gasteiger partial charge on any atom is 0.226 e. The van der Waals surface area contributed by atoms with Crippen LogP contribution in [0.25, 0.3) is 0 Å². The van der Waals surface area contributed by atoms with Crippen LogP contribution in [0.15, 0.2) is 52.3 Å². The molecule has 1 heterocycles. The Morgan fingerprint density at radius 1 is 0.957 bits per heavy atom. The molecular formula is C40H52O7. The summed E-state index contributed by atoms with van der Waals surface area (Å²) in [6, 6.07) is 1.93. The largest absolute Gasteiger partial charge is 0.504 e. The zero-order valence-corrected chi connectivity index (χ0v) is 29.5. The molecule has 0 amide bonds. The van der Waals surface area contributed by atoms with Crippen molar-refractivity contribution in [1.29, 1.82) is 0 Å². The second kappa shape index (κ2) is 9.86. The average molecular weight is 645 g/mol. The highest BCUT2D eigenvalue weighted by molar-refractivity contribution is 6.11. The first-order chi connectivity index (χ1) is 21.6. The molecule has 1 fully saturated rings. The van der Waals surface area contributed by atoms with E-state index in [4.69, 9.17) is 9.47 Å². The highest BCUT2D eigenvalue weighted by atomic mass is 16.6. The van der Waals surface area contributed by atoms with Gasteiger partial charge in [0.05, 0.1) is 17.3 Å². The van der Waals surface area contributed by atoms with Crippen molar-refractivity contribution in [3.05, 3.63) is 69.0 Å². The standard InChI is InChI=1S/C40H52O7/c1-35(2)13-10-12-21-16-24-23(28(41)20-25(21)35)19-27(38(7,8)45)34-33(24)47-40-29(46-34)18-22-17-26(37(5,6)44)31(42)32(43)30(22)39(40,9)15-11-14-36(40,3)4/h12,17-19,25,28-29,41,43-45H,10-11,13-16,20H2,1-9H3. The van der Waals surface area contributed by atoms with Crippen LogP contribution in [0.3, 0.4) is 0 Å². The van der Waals surface area contributed by atoms with Crippen LogP contribution < -0.4 is 9.47 Å². The Balaban J connectivity index is 1.52. The lowest BCUT2D eigenvalue weighted by Gasteiger charge is -2.65. The quantitative estimate of drug-likeness (QED) is 0.248. The molecule has 4 N–H and O–H groups in total. The molecule has 47 heavy (non-hydrogen) atoms. The van der Waals surface area contributed by atoms with E-state index in [-0.39, 0.29) is 22.7 Å². The number of ether oxygens (including phenoxy) is 2. The van der Waals surface area contributed by atoms with Crippen LogP contribution in [-0.2, 0) is 16.8 Å². The highest BCUT2D eigenvalue weighted by Crippen LogP contribution is 2.68. The lowest BCUT2D eigenvalue weighted by atomic mass is 9.45. The Labute approximate surface area is 279 Å². The maximum absolute atomic E-state index is 13.7. The van der Waals surface area contributed by atoms with E-state index in [1.165, 1.54) is 5.57 Å². The summed E-state index contributed by atoms with van der Waals surface area (Å²) < 4.78 is 14.8. The highest BCUT2D eigenvalue weighted by Gasteiger charge is 2.71. The van der Waals surface area contributed by atoms with Crippen LogP contribution in [0.5, 0.6) is 11.5 Å². The molecule has 0 saturated heterocycles. The van der Waals surface area contributed by atoms with Gasteiger partial charge in [0.25, 0.3) is 0 Å². The van der Waals surface area contributed by atoms with Gasteiger partial charge in [-0.25, -0.2) is 0 Å². The summed E-state index contributed by atoms with van der Waals surface area (Å²) in [5, 5.41) is 46.1. The van der Waals surface area contributed by atoms with E-state index in [1.807, 2.05) is 12.1 Å². The number of rotatable bonds is 2. The third kappa shape index (κ3) is 4.38. The molecule has 0 aromatic heterocycles. The second-order valence-electron chi connectivity index (χ2n) is 17.7. The number of carbonyl (C=O) groups excluding carboxylic acids is 1. The van der Waals surface area contributed by atoms with Crippen LogP contribution >= 0.6 is 0 Å². The van der Waals surface area contributed by atoms with Crippen LogP contribution in [0.2, 0.25) is 0 Å². The molecule has 1 saturated carbocycles. The number of carbonyl (C=O) groups is 1. The first kappa shape index (κ1) is 32.7. The molecule has 5 aliphatic carbocycles. The third-order valence-electron chi connectivity index (χ3n) is 12.9. The summed E-state index contributed by atoms with van der Waals surface area (Å²) in [7, 11) is 0. The fourth-order valence-electron chi connectivity index (χ4n) is 10.4. The molecule has 7 nitrogen and oxygen atoms in total. The number of aliphatic hydroxyl groups is 4. The summed E-state index contributed by atoms with van der Waals surface area (Å²) in [4.78, 5) is 13.7. The number of fused-ring (bicyclic) bond motifs is 6. The number of ketones is 1. The molecular weight excluding hydrogens is 592 g/mol. The summed E-state index contributed by atoms with van der Waals surface area (Å²) in [6.07, 6.45) is 10.2. The number of Topliss-reactive ketones (excluding diaryl/α,β-unsaturated/α-hetero) is 1. The summed E-state index contributed by atoms with van der Waals surface area (Å²) in [5.41, 5.74) is -0.252. The molecule has 0 bridgehead atoms. The Hall–Kier alpha value is -2.87. The van der Waals surface area contributed by atoms with Gasteiger partial charge >= 0.3 is 0 Å². The van der Waals surface area contributed by atoms with Crippen molar-refractivity contribution in [3.63, 3.8) is 0 Å². The predicted molar refractivity (Wildman–Crippen MR) is 180 cm³/mol. The Morgan fingerprint density at radius 2 is 1.66 bits per heavy atom. The van der Waals surface area contributed by atoms with Crippen molar-refractivity contribution in [2.75, 3.05) is 0 Å². The minimum absolute atomic E-state index is 0.0366. The van der Waals surface area contributed by atoms with Crippen LogP contribution in [0.4, 0.5) is 0 Å². The van der Waals surface area contributed by atoms with E-state index in [0.717, 1.165) is 36.8 Å². The average Bonchev–Trinajstić information content (AvgIpc) is 3.08. The van der Waals surface area contributed by atoms with Crippen molar-refractivity contribution >= 4 is 5.78 Å². The van der Waals surface area contributed by atoms with Gasteiger partial charge in [0.15, 0.2) is 29.0 Å². The third-order valence-corrected chi connectivity index (χ3v) is 12.9. The SMILES string of the molecule is CC(C)(O)C1=CC2=CC3Oc4c(C(C)(C)O)cc5c(c4OC34C(C)(C)CCCC4(C)C2=C(O)C1=O)CC1=CCCC(C)(C)C1CC5O. The molecule has 7 rings (SSSR count). The van der Waals surface area contributed by atoms with Crippen LogP contribution in [0.1, 0.15) is 124 Å². The van der Waals surface area contributed by atoms with Crippen molar-refractivity contribution in [2.24, 2.45) is 22.2 Å². The van der Waals surface area contributed by atoms with E-state index >= 15 is 0 Å². The van der Waals surface area contributed by atoms with Crippen LogP contribution in [-0.4, -0.2) is 43.5 Å². The fraction of sp³-hybridized carbons (Fsp3) is 0.625. The van der Waals surface area contributed by atoms with Crippen LogP contribution in [0, 0.1) is 22.2 Å². The van der Waals surface area contributed by atoms with E-state index in [9.17, 15) is 25.2 Å². The predicted octanol–water partition coefficient (Wildman–Crippen LogP) is 7.38. The lowest BCUT2D eigenvalue weighted by molar-refractivity contribution is -0.207. The van der Waals surface area contributed by atoms with Gasteiger partial charge in [-0.1, -0.05) is 52.7 Å². The molecule has 0 radical (unpaired) electrons. The van der Waals surface area contributed by atoms with Crippen molar-refractivity contribution in [3.8, 4) is 11.5 Å². The molecule has 1 aromatic rings. The summed E-state index contributed by atoms with van der Waals surface area (Å²) in [5.74, 6) is 0.315. The Bertz CT molecular complexity index is 1700. The zero-order chi connectivity index (χ0) is 34.3. The van der Waals surface area contributed by atoms with Gasteiger partial charge in [-0.15, -0.1) is 0 Å². The van der Waals surface area contributed by atoms with Crippen molar-refractivity contribution in [2.45, 2.75) is 136 Å². The van der Waals surface area contributed by atoms with Gasteiger partial charge in [-0.05, 0) is 107 Å². The van der Waals surface area contributed by atoms with Gasteiger partial charge in [0.2, 0.25) is 5.78 Å². The second-order valence-corrected chi connectivity index (χ2v) is 17.7. The molecule has 1 aliphatic heterocycles. The number of aliphatic hydroxyl groups excluding tert-OH is 2. The van der Waals surface area contributed by atoms with Gasteiger partial charge in [0.1, 0.15) is 0 Å². The summed E-state index contributed by atoms with van der Waals surface area (Å²) in [6.45, 7) is 17.6. The van der Waals surface area contributed by atoms with E-state index in [1.54, 1.807) is 33.8 Å². The molecule has 6 aliphatic rings. The fourth-order valence-corrected chi connectivity index (χ4v) is 10.4. The van der Waals surface area contributed by atoms with Gasteiger partial charge in [-0.2, -0.15) is 0 Å². The first-order valence-electron chi connectivity index (χ1n) is 17.4. The number of hydrogen-bond acceptors (Lipinski definition) is 7. The minimum Gasteiger partial charge on any atom is -0.504 e. The molecule has 254 valence electrons. The lowest BCUT2D eigenvalue weighted by Crippen LogP contribution is -2.73. The molecule has 1 aromatic carbocycles. The topological polar surface area (TPSA) is 116 Å². The normalized spacial score (nSPS) is 34.0. The monoisotopic (exact) mass is 644 g/mol. The van der Waals surface area contributed by atoms with E-state index in [0.29, 0.717) is 47.5 Å². The van der Waals surface area contributed by atoms with E-state index < -0.39 is 45.6 Å². The maximum atomic E-state index is 13.7. The zero-order valence-electron chi connectivity index (χ0n) is 29.5. The van der Waals surface area contributed by atoms with E-state index in [2.05, 4.69) is 40.7 Å². The number of hydrogen-bond donors (Lipinski definition) is 4. The Kier molecular flexibility index (Phi) is 6.85. The van der Waals surface area contributed by atoms with Gasteiger partial charge in [-0.3, -0.25) is 4.79 Å². The molecule has 5 atom stereocenters.